The number of rotatable bonds is 5. The second-order valence-corrected chi connectivity index (χ2v) is 15.9. The van der Waals surface area contributed by atoms with Crippen molar-refractivity contribution < 1.29 is 8.22 Å². The van der Waals surface area contributed by atoms with Gasteiger partial charge in [-0.2, -0.15) is 0 Å². The summed E-state index contributed by atoms with van der Waals surface area (Å²) < 4.78 is 58.3. The van der Waals surface area contributed by atoms with Gasteiger partial charge in [-0.15, -0.1) is 0 Å². The van der Waals surface area contributed by atoms with Crippen LogP contribution < -0.4 is 4.90 Å². The van der Waals surface area contributed by atoms with Crippen molar-refractivity contribution in [3.05, 3.63) is 253 Å². The van der Waals surface area contributed by atoms with E-state index in [1.165, 1.54) is 0 Å². The van der Waals surface area contributed by atoms with Crippen LogP contribution in [-0.4, -0.2) is 4.57 Å². The van der Waals surface area contributed by atoms with Crippen molar-refractivity contribution in [2.45, 2.75) is 5.41 Å². The molecule has 2 heteroatoms. The van der Waals surface area contributed by atoms with Crippen molar-refractivity contribution >= 4 is 49.6 Å². The third kappa shape index (κ3) is 4.73. The molecule has 0 saturated carbocycles. The van der Waals surface area contributed by atoms with E-state index in [1.807, 2.05) is 42.5 Å². The van der Waals surface area contributed by atoms with E-state index in [4.69, 9.17) is 1.37 Å². The highest BCUT2D eigenvalue weighted by molar-refractivity contribution is 6.11. The molecule has 0 amide bonds. The smallest absolute Gasteiger partial charge is 0.0726 e. The second-order valence-electron chi connectivity index (χ2n) is 15.9. The molecule has 284 valence electrons. The SMILES string of the molecule is [2H]c1c([2H])c2c3c(c([2H])c([2H])c([2H])c3c1[2H])C1(c3ccccc3-c3ccc(N(c4ccc5c6ccccc6n(-c6ccccc6)c5c4)c4ccccc4-c4ccccc4)cc31)c1ccccc1-2. The van der Waals surface area contributed by atoms with E-state index < -0.39 is 5.41 Å². The van der Waals surface area contributed by atoms with Crippen LogP contribution in [0.1, 0.15) is 30.5 Å². The first-order chi connectivity index (χ1) is 32.8. The number of para-hydroxylation sites is 3. The Labute approximate surface area is 363 Å². The number of hydrogen-bond donors (Lipinski definition) is 0. The van der Waals surface area contributed by atoms with Crippen molar-refractivity contribution in [3.63, 3.8) is 0 Å². The molecule has 11 aromatic rings. The van der Waals surface area contributed by atoms with Crippen LogP contribution in [0.25, 0.3) is 71.6 Å². The zero-order valence-electron chi connectivity index (χ0n) is 38.9. The molecule has 61 heavy (non-hydrogen) atoms. The summed E-state index contributed by atoms with van der Waals surface area (Å²) in [5.41, 5.74) is 13.1. The summed E-state index contributed by atoms with van der Waals surface area (Å²) in [4.78, 5) is 2.32. The fraction of sp³-hybridized carbons (Fsp3) is 0.0169. The Bertz CT molecular complexity index is 3890. The highest BCUT2D eigenvalue weighted by Gasteiger charge is 2.50. The van der Waals surface area contributed by atoms with Gasteiger partial charge >= 0.3 is 0 Å². The fourth-order valence-corrected chi connectivity index (χ4v) is 10.5. The van der Waals surface area contributed by atoms with Crippen LogP contribution in [0.5, 0.6) is 0 Å². The van der Waals surface area contributed by atoms with Crippen molar-refractivity contribution in [1.29, 1.82) is 0 Å². The van der Waals surface area contributed by atoms with Gasteiger partial charge in [0.15, 0.2) is 0 Å². The first-order valence-corrected chi connectivity index (χ1v) is 20.7. The maximum atomic E-state index is 9.91. The molecule has 0 N–H and O–H groups in total. The molecule has 1 aromatic heterocycles. The van der Waals surface area contributed by atoms with Crippen LogP contribution >= 0.6 is 0 Å². The minimum atomic E-state index is -1.19. The molecular formula is C59H38N2. The average molecular weight is 781 g/mol. The Balaban J connectivity index is 1.16. The highest BCUT2D eigenvalue weighted by Crippen LogP contribution is 2.62. The molecular weight excluding hydrogens is 737 g/mol. The Hall–Kier alpha value is -7.94. The first kappa shape index (κ1) is 28.5. The molecule has 1 spiro atoms. The lowest BCUT2D eigenvalue weighted by molar-refractivity contribution is 0.773. The number of anilines is 3. The van der Waals surface area contributed by atoms with Crippen LogP contribution in [0, 0.1) is 0 Å². The molecule has 0 aliphatic heterocycles. The summed E-state index contributed by atoms with van der Waals surface area (Å²) in [6.07, 6.45) is 0. The molecule has 1 unspecified atom stereocenters. The highest BCUT2D eigenvalue weighted by atomic mass is 15.1. The minimum absolute atomic E-state index is 0.121. The van der Waals surface area contributed by atoms with Gasteiger partial charge in [0.25, 0.3) is 0 Å². The van der Waals surface area contributed by atoms with Crippen molar-refractivity contribution in [1.82, 2.24) is 4.57 Å². The molecule has 10 aromatic carbocycles. The van der Waals surface area contributed by atoms with E-state index in [0.29, 0.717) is 22.1 Å². The van der Waals surface area contributed by atoms with Crippen molar-refractivity contribution in [2.75, 3.05) is 4.90 Å². The fourth-order valence-electron chi connectivity index (χ4n) is 10.5. The molecule has 0 fully saturated rings. The van der Waals surface area contributed by atoms with Gasteiger partial charge in [-0.05, 0) is 109 Å². The van der Waals surface area contributed by atoms with E-state index in [0.717, 1.165) is 83.5 Å². The monoisotopic (exact) mass is 780 g/mol. The predicted molar refractivity (Wildman–Crippen MR) is 255 cm³/mol. The Morgan fingerprint density at radius 2 is 1.00 bits per heavy atom. The largest absolute Gasteiger partial charge is 0.310 e. The van der Waals surface area contributed by atoms with Crippen molar-refractivity contribution in [2.24, 2.45) is 0 Å². The topological polar surface area (TPSA) is 8.17 Å². The maximum Gasteiger partial charge on any atom is 0.0726 e. The standard InChI is InChI=1S/C59H38N2/c1-3-17-39(18-4-1)44-23-9-13-31-55(44)60(43-34-36-49-48-26-10-14-32-56(48)61(57(49)38-43)41-21-5-2-6-22-41)42-33-35-47-45-24-7-11-28-51(45)59(54(47)37-42)52-29-12-8-25-46(52)50-27-15-19-40-20-16-30-53(59)58(40)50/h1-38H/i15D,16D,19D,20D,27D,30D. The number of aromatic nitrogens is 1. The van der Waals surface area contributed by atoms with Gasteiger partial charge in [0.05, 0.1) is 30.4 Å². The van der Waals surface area contributed by atoms with Crippen LogP contribution in [-0.2, 0) is 5.41 Å². The molecule has 0 saturated heterocycles. The summed E-state index contributed by atoms with van der Waals surface area (Å²) in [6.45, 7) is 0. The second kappa shape index (κ2) is 13.0. The lowest BCUT2D eigenvalue weighted by Gasteiger charge is -2.40. The molecule has 1 heterocycles. The van der Waals surface area contributed by atoms with Crippen LogP contribution in [0.15, 0.2) is 230 Å². The van der Waals surface area contributed by atoms with Gasteiger partial charge in [0.2, 0.25) is 0 Å². The minimum Gasteiger partial charge on any atom is -0.310 e. The Kier molecular flexibility index (Phi) is 6.08. The Morgan fingerprint density at radius 3 is 1.80 bits per heavy atom. The summed E-state index contributed by atoms with van der Waals surface area (Å²) in [5, 5.41) is 2.85. The van der Waals surface area contributed by atoms with Crippen molar-refractivity contribution in [3.8, 4) is 39.1 Å². The van der Waals surface area contributed by atoms with E-state index in [-0.39, 0.29) is 41.6 Å². The molecule has 2 nitrogen and oxygen atoms in total. The number of hydrogen-bond acceptors (Lipinski definition) is 1. The van der Waals surface area contributed by atoms with Crippen LogP contribution in [0.3, 0.4) is 0 Å². The Morgan fingerprint density at radius 1 is 0.410 bits per heavy atom. The lowest BCUT2D eigenvalue weighted by Crippen LogP contribution is -2.32. The van der Waals surface area contributed by atoms with E-state index in [1.54, 1.807) is 0 Å². The summed E-state index contributed by atoms with van der Waals surface area (Å²) in [5.74, 6) is 0. The van der Waals surface area contributed by atoms with Gasteiger partial charge in [0.1, 0.15) is 0 Å². The zero-order chi connectivity index (χ0) is 45.3. The third-order valence-corrected chi connectivity index (χ3v) is 12.9. The third-order valence-electron chi connectivity index (χ3n) is 12.9. The molecule has 0 bridgehead atoms. The van der Waals surface area contributed by atoms with Gasteiger partial charge in [-0.3, -0.25) is 0 Å². The summed E-state index contributed by atoms with van der Waals surface area (Å²) >= 11 is 0. The first-order valence-electron chi connectivity index (χ1n) is 23.7. The summed E-state index contributed by atoms with van der Waals surface area (Å²) in [7, 11) is 0. The van der Waals surface area contributed by atoms with Gasteiger partial charge in [0, 0.05) is 33.4 Å². The molecule has 0 radical (unpaired) electrons. The quantitative estimate of drug-likeness (QED) is 0.169. The van der Waals surface area contributed by atoms with Gasteiger partial charge < -0.3 is 9.47 Å². The molecule has 2 aliphatic carbocycles. The predicted octanol–water partition coefficient (Wildman–Crippen LogP) is 15.4. The van der Waals surface area contributed by atoms with E-state index >= 15 is 0 Å². The van der Waals surface area contributed by atoms with E-state index in [2.05, 4.69) is 161 Å². The van der Waals surface area contributed by atoms with Crippen LogP contribution in [0.2, 0.25) is 0 Å². The lowest BCUT2D eigenvalue weighted by atomic mass is 9.61. The van der Waals surface area contributed by atoms with E-state index in [9.17, 15) is 6.85 Å². The maximum absolute atomic E-state index is 9.91. The molecule has 2 aliphatic rings. The molecule has 13 rings (SSSR count). The number of benzene rings is 10. The normalized spacial score (nSPS) is 16.0. The van der Waals surface area contributed by atoms with Gasteiger partial charge in [-0.1, -0.05) is 182 Å². The number of fused-ring (bicyclic) bond motifs is 12. The molecule has 1 atom stereocenters. The van der Waals surface area contributed by atoms with Gasteiger partial charge in [-0.25, -0.2) is 0 Å². The number of nitrogens with zero attached hydrogens (tertiary/aromatic N) is 2. The zero-order valence-corrected chi connectivity index (χ0v) is 32.9. The van der Waals surface area contributed by atoms with Crippen LogP contribution in [0.4, 0.5) is 17.1 Å². The summed E-state index contributed by atoms with van der Waals surface area (Å²) in [6, 6.07) is 66.0. The average Bonchev–Trinajstić information content (AvgIpc) is 3.85.